The normalized spacial score (nSPS) is 10.7. The molecule has 3 aromatic rings. The van der Waals surface area contributed by atoms with E-state index in [2.05, 4.69) is 9.97 Å². The monoisotopic (exact) mass is 237 g/mol. The second kappa shape index (κ2) is 4.00. The molecule has 18 heavy (non-hydrogen) atoms. The van der Waals surface area contributed by atoms with Gasteiger partial charge in [-0.25, -0.2) is 4.98 Å². The molecule has 88 valence electrons. The zero-order valence-electron chi connectivity index (χ0n) is 9.55. The number of aromatic nitrogens is 2. The number of hydrogen-bond acceptors (Lipinski definition) is 3. The lowest BCUT2D eigenvalue weighted by Gasteiger charge is -2.05. The van der Waals surface area contributed by atoms with Crippen LogP contribution in [0, 0.1) is 0 Å². The van der Waals surface area contributed by atoms with E-state index in [0.717, 1.165) is 11.0 Å². The van der Waals surface area contributed by atoms with Gasteiger partial charge in [0, 0.05) is 11.3 Å². The Morgan fingerprint density at radius 1 is 1.00 bits per heavy atom. The Morgan fingerprint density at radius 2 is 1.72 bits per heavy atom. The van der Waals surface area contributed by atoms with Crippen LogP contribution in [0.4, 0.5) is 5.69 Å². The summed E-state index contributed by atoms with van der Waals surface area (Å²) in [6.07, 6.45) is 0. The average Bonchev–Trinajstić information content (AvgIpc) is 2.39. The van der Waals surface area contributed by atoms with E-state index in [4.69, 9.17) is 5.73 Å². The van der Waals surface area contributed by atoms with E-state index in [-0.39, 0.29) is 5.56 Å². The molecule has 0 radical (unpaired) electrons. The summed E-state index contributed by atoms with van der Waals surface area (Å²) in [5.41, 5.74) is 8.67. The van der Waals surface area contributed by atoms with Crippen molar-refractivity contribution in [1.82, 2.24) is 9.97 Å². The highest BCUT2D eigenvalue weighted by Crippen LogP contribution is 2.21. The Kier molecular flexibility index (Phi) is 2.34. The lowest BCUT2D eigenvalue weighted by molar-refractivity contribution is 1.22. The third kappa shape index (κ3) is 1.64. The van der Waals surface area contributed by atoms with Gasteiger partial charge in [-0.2, -0.15) is 0 Å². The number of hydrogen-bond donors (Lipinski definition) is 2. The Balaban J connectivity index is 2.33. The first kappa shape index (κ1) is 10.5. The van der Waals surface area contributed by atoms with Crippen molar-refractivity contribution in [3.63, 3.8) is 0 Å². The minimum Gasteiger partial charge on any atom is -0.398 e. The Labute approximate surface area is 103 Å². The maximum Gasteiger partial charge on any atom is 0.275 e. The summed E-state index contributed by atoms with van der Waals surface area (Å²) in [5.74, 6) is 0. The summed E-state index contributed by atoms with van der Waals surface area (Å²) in [7, 11) is 0. The summed E-state index contributed by atoms with van der Waals surface area (Å²) < 4.78 is 0. The van der Waals surface area contributed by atoms with E-state index in [9.17, 15) is 4.79 Å². The lowest BCUT2D eigenvalue weighted by Crippen LogP contribution is -2.12. The molecule has 4 heteroatoms. The molecule has 0 atom stereocenters. The number of rotatable bonds is 1. The van der Waals surface area contributed by atoms with Gasteiger partial charge in [0.25, 0.3) is 5.56 Å². The molecule has 3 rings (SSSR count). The Hall–Kier alpha value is -2.62. The number of nitrogens with zero attached hydrogens (tertiary/aromatic N) is 1. The number of H-pyrrole nitrogens is 1. The van der Waals surface area contributed by atoms with Crippen molar-refractivity contribution in [2.24, 2.45) is 0 Å². The molecule has 1 heterocycles. The molecule has 3 N–H and O–H groups in total. The first-order valence-electron chi connectivity index (χ1n) is 5.59. The molecule has 0 aliphatic heterocycles. The lowest BCUT2D eigenvalue weighted by atomic mass is 10.1. The number of nitrogen functional groups attached to an aromatic ring is 1. The molecule has 0 unspecified atom stereocenters. The molecule has 0 aliphatic carbocycles. The van der Waals surface area contributed by atoms with Crippen LogP contribution in [0.2, 0.25) is 0 Å². The van der Waals surface area contributed by atoms with Crippen LogP contribution in [0.5, 0.6) is 0 Å². The first-order valence-corrected chi connectivity index (χ1v) is 5.59. The molecule has 0 fully saturated rings. The predicted octanol–water partition coefficient (Wildman–Crippen LogP) is 2.17. The molecule has 0 saturated heterocycles. The van der Waals surface area contributed by atoms with Crippen molar-refractivity contribution >= 4 is 16.7 Å². The molecule has 0 aliphatic rings. The molecule has 2 aromatic carbocycles. The summed E-state index contributed by atoms with van der Waals surface area (Å²) in [6.45, 7) is 0. The van der Waals surface area contributed by atoms with Crippen LogP contribution in [0.15, 0.2) is 53.3 Å². The number of nitrogens with two attached hydrogens (primary N) is 1. The van der Waals surface area contributed by atoms with Crippen molar-refractivity contribution in [2.75, 3.05) is 5.73 Å². The van der Waals surface area contributed by atoms with Crippen LogP contribution in [-0.2, 0) is 0 Å². The summed E-state index contributed by atoms with van der Waals surface area (Å²) >= 11 is 0. The van der Waals surface area contributed by atoms with Crippen molar-refractivity contribution in [3.05, 3.63) is 58.9 Å². The predicted molar refractivity (Wildman–Crippen MR) is 72.2 cm³/mol. The van der Waals surface area contributed by atoms with Gasteiger partial charge >= 0.3 is 0 Å². The van der Waals surface area contributed by atoms with Crippen molar-refractivity contribution in [1.29, 1.82) is 0 Å². The number of nitrogens with one attached hydrogen (secondary N) is 1. The molecular weight excluding hydrogens is 226 g/mol. The van der Waals surface area contributed by atoms with Gasteiger partial charge in [0.15, 0.2) is 0 Å². The number of para-hydroxylation sites is 3. The van der Waals surface area contributed by atoms with Gasteiger partial charge in [-0.05, 0) is 18.2 Å². The van der Waals surface area contributed by atoms with E-state index in [1.807, 2.05) is 36.4 Å². The van der Waals surface area contributed by atoms with E-state index in [1.54, 1.807) is 12.1 Å². The molecule has 0 spiro atoms. The molecule has 4 nitrogen and oxygen atoms in total. The minimum absolute atomic E-state index is 0.230. The van der Waals surface area contributed by atoms with Crippen LogP contribution in [0.3, 0.4) is 0 Å². The van der Waals surface area contributed by atoms with Crippen LogP contribution in [0.1, 0.15) is 0 Å². The van der Waals surface area contributed by atoms with Crippen molar-refractivity contribution < 1.29 is 0 Å². The van der Waals surface area contributed by atoms with Crippen LogP contribution in [0.25, 0.3) is 22.3 Å². The number of anilines is 1. The average molecular weight is 237 g/mol. The molecule has 0 saturated carbocycles. The standard InChI is InChI=1S/C14H11N3O/c15-10-6-2-1-5-9(10)13-14(18)17-12-8-4-3-7-11(12)16-13/h1-8H,15H2,(H,17,18). The number of aromatic amines is 1. The second-order valence-electron chi connectivity index (χ2n) is 4.02. The summed E-state index contributed by atoms with van der Waals surface area (Å²) in [5, 5.41) is 0. The van der Waals surface area contributed by atoms with Crippen molar-refractivity contribution in [3.8, 4) is 11.3 Å². The molecule has 0 amide bonds. The quantitative estimate of drug-likeness (QED) is 0.637. The van der Waals surface area contributed by atoms with Gasteiger partial charge in [-0.3, -0.25) is 4.79 Å². The van der Waals surface area contributed by atoms with Crippen molar-refractivity contribution in [2.45, 2.75) is 0 Å². The number of fused-ring (bicyclic) bond motifs is 1. The SMILES string of the molecule is Nc1ccccc1-c1nc2ccccc2[nH]c1=O. The summed E-state index contributed by atoms with van der Waals surface area (Å²) in [4.78, 5) is 19.2. The largest absolute Gasteiger partial charge is 0.398 e. The number of benzene rings is 2. The van der Waals surface area contributed by atoms with Gasteiger partial charge in [-0.15, -0.1) is 0 Å². The van der Waals surface area contributed by atoms with Gasteiger partial charge in [0.1, 0.15) is 5.69 Å². The van der Waals surface area contributed by atoms with E-state index in [1.165, 1.54) is 0 Å². The fourth-order valence-corrected chi connectivity index (χ4v) is 1.92. The fraction of sp³-hybridized carbons (Fsp3) is 0. The Morgan fingerprint density at radius 3 is 2.56 bits per heavy atom. The zero-order valence-corrected chi connectivity index (χ0v) is 9.55. The van der Waals surface area contributed by atoms with Crippen LogP contribution in [-0.4, -0.2) is 9.97 Å². The van der Waals surface area contributed by atoms with Gasteiger partial charge < -0.3 is 10.7 Å². The maximum atomic E-state index is 12.0. The zero-order chi connectivity index (χ0) is 12.5. The third-order valence-corrected chi connectivity index (χ3v) is 2.82. The van der Waals surface area contributed by atoms with Gasteiger partial charge in [0.05, 0.1) is 11.0 Å². The highest BCUT2D eigenvalue weighted by molar-refractivity contribution is 5.80. The molecule has 1 aromatic heterocycles. The smallest absolute Gasteiger partial charge is 0.275 e. The molecular formula is C14H11N3O. The van der Waals surface area contributed by atoms with E-state index in [0.29, 0.717) is 16.9 Å². The van der Waals surface area contributed by atoms with Crippen LogP contribution < -0.4 is 11.3 Å². The fourth-order valence-electron chi connectivity index (χ4n) is 1.92. The van der Waals surface area contributed by atoms with Gasteiger partial charge in [0.2, 0.25) is 0 Å². The van der Waals surface area contributed by atoms with Gasteiger partial charge in [-0.1, -0.05) is 30.3 Å². The third-order valence-electron chi connectivity index (χ3n) is 2.82. The highest BCUT2D eigenvalue weighted by Gasteiger charge is 2.09. The minimum atomic E-state index is -0.230. The molecule has 0 bridgehead atoms. The Bertz CT molecular complexity index is 777. The van der Waals surface area contributed by atoms with E-state index < -0.39 is 0 Å². The summed E-state index contributed by atoms with van der Waals surface area (Å²) in [6, 6.07) is 14.6. The van der Waals surface area contributed by atoms with Crippen LogP contribution >= 0.6 is 0 Å². The first-order chi connectivity index (χ1) is 8.75. The topological polar surface area (TPSA) is 71.8 Å². The second-order valence-corrected chi connectivity index (χ2v) is 4.02. The highest BCUT2D eigenvalue weighted by atomic mass is 16.1. The van der Waals surface area contributed by atoms with E-state index >= 15 is 0 Å². The maximum absolute atomic E-state index is 12.0.